The van der Waals surface area contributed by atoms with Crippen LogP contribution in [0.5, 0.6) is 0 Å². The van der Waals surface area contributed by atoms with Crippen LogP contribution >= 0.6 is 11.3 Å². The van der Waals surface area contributed by atoms with Crippen molar-refractivity contribution in [1.82, 2.24) is 15.2 Å². The van der Waals surface area contributed by atoms with E-state index in [1.807, 2.05) is 6.07 Å². The van der Waals surface area contributed by atoms with Crippen molar-refractivity contribution in [3.05, 3.63) is 46.9 Å². The third-order valence-electron chi connectivity index (χ3n) is 3.67. The number of hydrogen-bond donors (Lipinski definition) is 0. The molecule has 2 heterocycles. The summed E-state index contributed by atoms with van der Waals surface area (Å²) in [6, 6.07) is 7.99. The summed E-state index contributed by atoms with van der Waals surface area (Å²) in [5.74, 6) is -2.04. The van der Waals surface area contributed by atoms with E-state index >= 15 is 0 Å². The summed E-state index contributed by atoms with van der Waals surface area (Å²) in [7, 11) is -3.72. The van der Waals surface area contributed by atoms with Gasteiger partial charge >= 0.3 is 12.1 Å². The number of benzene rings is 1. The maximum absolute atomic E-state index is 12.6. The van der Waals surface area contributed by atoms with Crippen molar-refractivity contribution in [1.29, 1.82) is 5.26 Å². The summed E-state index contributed by atoms with van der Waals surface area (Å²) < 4.78 is 68.6. The van der Waals surface area contributed by atoms with Gasteiger partial charge in [-0.15, -0.1) is 21.5 Å². The largest absolute Gasteiger partial charge is 0.470 e. The molecule has 3 aromatic rings. The minimum absolute atomic E-state index is 0.169. The molecule has 0 N–H and O–H groups in total. The van der Waals surface area contributed by atoms with Gasteiger partial charge in [-0.1, -0.05) is 6.07 Å². The SMILES string of the molecule is CCS(=O)(=O)N(Cc1ncc(-c2nnc(C(F)(F)F)o2)s1)c1cccc(C#N)c1. The summed E-state index contributed by atoms with van der Waals surface area (Å²) in [6.07, 6.45) is -3.54. The molecule has 0 aliphatic heterocycles. The fourth-order valence-corrected chi connectivity index (χ4v) is 4.25. The second-order valence-corrected chi connectivity index (χ2v) is 8.89. The van der Waals surface area contributed by atoms with Crippen molar-refractivity contribution in [2.24, 2.45) is 0 Å². The highest BCUT2D eigenvalue weighted by Crippen LogP contribution is 2.33. The van der Waals surface area contributed by atoms with Gasteiger partial charge in [0.05, 0.1) is 35.8 Å². The second kappa shape index (κ2) is 7.80. The third-order valence-corrected chi connectivity index (χ3v) is 6.39. The van der Waals surface area contributed by atoms with Gasteiger partial charge in [-0.3, -0.25) is 4.31 Å². The first-order valence-corrected chi connectivity index (χ1v) is 10.4. The summed E-state index contributed by atoms with van der Waals surface area (Å²) in [5, 5.41) is 15.7. The Morgan fingerprint density at radius 2 is 2.07 bits per heavy atom. The number of nitrogens with zero attached hydrogens (tertiary/aromatic N) is 5. The number of rotatable bonds is 6. The van der Waals surface area contributed by atoms with Gasteiger partial charge in [0, 0.05) is 0 Å². The lowest BCUT2D eigenvalue weighted by Gasteiger charge is -2.23. The molecule has 0 unspecified atom stereocenters. The van der Waals surface area contributed by atoms with E-state index in [0.29, 0.717) is 5.01 Å². The van der Waals surface area contributed by atoms with Crippen molar-refractivity contribution >= 4 is 27.0 Å². The first-order valence-electron chi connectivity index (χ1n) is 8.00. The number of alkyl halides is 3. The quantitative estimate of drug-likeness (QED) is 0.573. The van der Waals surface area contributed by atoms with Crippen molar-refractivity contribution in [3.8, 4) is 16.8 Å². The van der Waals surface area contributed by atoms with Crippen LogP contribution in [0.15, 0.2) is 34.9 Å². The van der Waals surface area contributed by atoms with Crippen LogP contribution in [0, 0.1) is 11.3 Å². The molecule has 0 saturated heterocycles. The van der Waals surface area contributed by atoms with E-state index in [2.05, 4.69) is 19.6 Å². The molecule has 0 atom stereocenters. The molecule has 3 rings (SSSR count). The smallest absolute Gasteiger partial charge is 0.412 e. The van der Waals surface area contributed by atoms with Crippen molar-refractivity contribution < 1.29 is 26.0 Å². The lowest BCUT2D eigenvalue weighted by atomic mass is 10.2. The van der Waals surface area contributed by atoms with Gasteiger partial charge in [-0.2, -0.15) is 18.4 Å². The standard InChI is InChI=1S/C16H12F3N5O3S2/c1-2-29(25,26)24(11-5-3-4-10(6-11)7-20)9-13-21-8-12(28-13)14-22-23-15(27-14)16(17,18)19/h3-6,8H,2,9H2,1H3. The average molecular weight is 443 g/mol. The molecule has 0 aliphatic rings. The Bertz CT molecular complexity index is 1160. The van der Waals surface area contributed by atoms with Gasteiger partial charge in [-0.25, -0.2) is 13.4 Å². The highest BCUT2D eigenvalue weighted by atomic mass is 32.2. The molecule has 0 amide bonds. The molecule has 0 aliphatic carbocycles. The number of halogens is 3. The van der Waals surface area contributed by atoms with E-state index in [1.165, 1.54) is 31.3 Å². The minimum atomic E-state index is -4.77. The summed E-state index contributed by atoms with van der Waals surface area (Å²) in [6.45, 7) is 1.30. The van der Waals surface area contributed by atoms with E-state index in [4.69, 9.17) is 5.26 Å². The average Bonchev–Trinajstić information content (AvgIpc) is 3.35. The van der Waals surface area contributed by atoms with Gasteiger partial charge in [0.2, 0.25) is 10.0 Å². The predicted octanol–water partition coefficient (Wildman–Crippen LogP) is 3.44. The number of hydrogen-bond acceptors (Lipinski definition) is 8. The summed E-state index contributed by atoms with van der Waals surface area (Å²) >= 11 is 0.924. The molecular weight excluding hydrogens is 431 g/mol. The van der Waals surface area contributed by atoms with E-state index in [1.54, 1.807) is 6.07 Å². The van der Waals surface area contributed by atoms with Crippen LogP contribution in [0.2, 0.25) is 0 Å². The molecule has 0 fully saturated rings. The van der Waals surface area contributed by atoms with Crippen LogP contribution in [0.25, 0.3) is 10.8 Å². The zero-order chi connectivity index (χ0) is 21.2. The first kappa shape index (κ1) is 20.7. The van der Waals surface area contributed by atoms with Crippen LogP contribution in [0.4, 0.5) is 18.9 Å². The molecule has 0 bridgehead atoms. The molecule has 29 heavy (non-hydrogen) atoms. The van der Waals surface area contributed by atoms with Crippen LogP contribution in [-0.4, -0.2) is 29.4 Å². The van der Waals surface area contributed by atoms with Gasteiger partial charge in [-0.05, 0) is 25.1 Å². The molecule has 0 radical (unpaired) electrons. The number of aromatic nitrogens is 3. The van der Waals surface area contributed by atoms with Gasteiger partial charge in [0.15, 0.2) is 0 Å². The second-order valence-electron chi connectivity index (χ2n) is 5.60. The maximum atomic E-state index is 12.6. The van der Waals surface area contributed by atoms with Crippen LogP contribution in [0.3, 0.4) is 0 Å². The number of thiazole rings is 1. The predicted molar refractivity (Wildman–Crippen MR) is 97.2 cm³/mol. The lowest BCUT2D eigenvalue weighted by Crippen LogP contribution is -2.31. The van der Waals surface area contributed by atoms with Crippen molar-refractivity contribution in [2.45, 2.75) is 19.6 Å². The zero-order valence-corrected chi connectivity index (χ0v) is 16.3. The normalized spacial score (nSPS) is 12.0. The monoisotopic (exact) mass is 443 g/mol. The molecule has 1 aromatic carbocycles. The van der Waals surface area contributed by atoms with Crippen LogP contribution in [-0.2, 0) is 22.7 Å². The van der Waals surface area contributed by atoms with Gasteiger partial charge in [0.1, 0.15) is 9.88 Å². The lowest BCUT2D eigenvalue weighted by molar-refractivity contribution is -0.156. The molecule has 13 heteroatoms. The van der Waals surface area contributed by atoms with E-state index < -0.39 is 22.1 Å². The van der Waals surface area contributed by atoms with E-state index in [-0.39, 0.29) is 34.3 Å². The number of anilines is 1. The number of nitriles is 1. The number of sulfonamides is 1. The Hall–Kier alpha value is -2.98. The highest BCUT2D eigenvalue weighted by Gasteiger charge is 2.38. The Morgan fingerprint density at radius 3 is 2.69 bits per heavy atom. The molecule has 0 spiro atoms. The Labute approximate surface area is 167 Å². The van der Waals surface area contributed by atoms with Gasteiger partial charge in [0.25, 0.3) is 5.89 Å². The third kappa shape index (κ3) is 4.54. The van der Waals surface area contributed by atoms with Crippen molar-refractivity contribution in [2.75, 3.05) is 10.1 Å². The topological polar surface area (TPSA) is 113 Å². The van der Waals surface area contributed by atoms with Crippen molar-refractivity contribution in [3.63, 3.8) is 0 Å². The van der Waals surface area contributed by atoms with Crippen LogP contribution < -0.4 is 4.31 Å². The molecular formula is C16H12F3N5O3S2. The molecule has 152 valence electrons. The molecule has 0 saturated carbocycles. The minimum Gasteiger partial charge on any atom is -0.412 e. The van der Waals surface area contributed by atoms with E-state index in [0.717, 1.165) is 15.6 Å². The summed E-state index contributed by atoms with van der Waals surface area (Å²) in [4.78, 5) is 4.23. The zero-order valence-electron chi connectivity index (χ0n) is 14.7. The van der Waals surface area contributed by atoms with Gasteiger partial charge < -0.3 is 4.42 Å². The molecule has 8 nitrogen and oxygen atoms in total. The summed E-state index contributed by atoms with van der Waals surface area (Å²) in [5.41, 5.74) is 0.559. The molecule has 2 aromatic heterocycles. The Kier molecular flexibility index (Phi) is 5.58. The fourth-order valence-electron chi connectivity index (χ4n) is 2.28. The first-order chi connectivity index (χ1) is 13.6. The fraction of sp³-hybridized carbons (Fsp3) is 0.250. The Balaban J connectivity index is 1.91. The highest BCUT2D eigenvalue weighted by molar-refractivity contribution is 7.92. The Morgan fingerprint density at radius 1 is 1.31 bits per heavy atom. The maximum Gasteiger partial charge on any atom is 0.470 e. The van der Waals surface area contributed by atoms with E-state index in [9.17, 15) is 21.6 Å². The van der Waals surface area contributed by atoms with Crippen LogP contribution in [0.1, 0.15) is 23.4 Å².